The minimum Gasteiger partial charge on any atom is -0.475 e. The zero-order valence-corrected chi connectivity index (χ0v) is 34.3. The number of likely N-dealkylation sites (N-methyl/N-ethyl adjacent to an activating group) is 1. The Bertz CT molecular complexity index is 2390. The van der Waals surface area contributed by atoms with Gasteiger partial charge in [-0.05, 0) is 91.8 Å². The number of benzene rings is 4. The SMILES string of the molecule is CN(C(=O)OC(C)(C)C)[C@@H]1COc2c([S@@](=O)(=NC(c3ccccc3)(c3ccccc3)c3ccccc3)NC(=O)Nc3c4c(cc5c3[C@@H](C(F)F)CC5)CCC4)cnn2C1. The van der Waals surface area contributed by atoms with Crippen molar-refractivity contribution in [1.82, 2.24) is 19.4 Å². The Kier molecular flexibility index (Phi) is 10.7. The smallest absolute Gasteiger partial charge is 0.410 e. The first-order valence-electron chi connectivity index (χ1n) is 19.9. The van der Waals surface area contributed by atoms with Crippen LogP contribution in [0.2, 0.25) is 0 Å². The number of anilines is 1. The number of nitrogens with zero attached hydrogens (tertiary/aromatic N) is 4. The van der Waals surface area contributed by atoms with E-state index in [4.69, 9.17) is 13.8 Å². The van der Waals surface area contributed by atoms with Gasteiger partial charge in [0.25, 0.3) is 0 Å². The number of nitrogens with one attached hydrogen (secondary N) is 2. The van der Waals surface area contributed by atoms with Crippen LogP contribution >= 0.6 is 0 Å². The van der Waals surface area contributed by atoms with E-state index in [1.807, 2.05) is 97.1 Å². The molecule has 0 fully saturated rings. The molecule has 1 aromatic heterocycles. The number of amides is 3. The normalized spacial score (nSPS) is 18.2. The Balaban J connectivity index is 1.29. The fraction of sp³-hybridized carbons (Fsp3) is 0.356. The molecule has 0 saturated heterocycles. The van der Waals surface area contributed by atoms with Gasteiger partial charge in [-0.2, -0.15) is 9.46 Å². The maximum Gasteiger partial charge on any atom is 0.410 e. The summed E-state index contributed by atoms with van der Waals surface area (Å²) >= 11 is 0. The topological polar surface area (TPSA) is 127 Å². The molecule has 3 aliphatic rings. The van der Waals surface area contributed by atoms with Crippen molar-refractivity contribution in [2.45, 2.75) is 93.8 Å². The maximum atomic E-state index is 16.3. The van der Waals surface area contributed by atoms with Gasteiger partial charge in [0.1, 0.15) is 22.6 Å². The molecule has 59 heavy (non-hydrogen) atoms. The summed E-state index contributed by atoms with van der Waals surface area (Å²) in [5.74, 6) is -0.930. The van der Waals surface area contributed by atoms with Gasteiger partial charge in [0.15, 0.2) is 9.92 Å². The van der Waals surface area contributed by atoms with E-state index in [1.165, 1.54) is 15.8 Å². The highest BCUT2D eigenvalue weighted by molar-refractivity contribution is 7.92. The Morgan fingerprint density at radius 2 is 1.54 bits per heavy atom. The molecule has 14 heteroatoms. The summed E-state index contributed by atoms with van der Waals surface area (Å²) in [7, 11) is -2.51. The second-order valence-corrected chi connectivity index (χ2v) is 18.2. The Morgan fingerprint density at radius 1 is 0.932 bits per heavy atom. The molecule has 2 heterocycles. The number of hydrogen-bond donors (Lipinski definition) is 2. The van der Waals surface area contributed by atoms with Crippen LogP contribution in [-0.4, -0.2) is 62.7 Å². The number of hydrogen-bond acceptors (Lipinski definition) is 7. The van der Waals surface area contributed by atoms with Crippen molar-refractivity contribution in [3.05, 3.63) is 142 Å². The van der Waals surface area contributed by atoms with E-state index in [1.54, 1.807) is 27.8 Å². The standard InChI is InChI=1S/C45H48F2N6O5S/c1-44(2,3)58-43(55)52(4)34-27-53-41(57-28-34)37(26-48-53)59(56,50-42(54)49-39-35-22-14-15-29(35)25-30-23-24-36(38(30)39)40(46)47)51-45(31-16-8-5-9-17-31,32-18-10-6-11-19-32)33-20-12-7-13-21-33/h5-13,16-21,25-26,34,36,40H,14-15,22-24,27-28H2,1-4H3,(H2,49,50,51,54,56)/t34-,36-,59-/m0/s1. The molecule has 2 N–H and O–H groups in total. The van der Waals surface area contributed by atoms with Gasteiger partial charge in [0.2, 0.25) is 12.3 Å². The predicted octanol–water partition coefficient (Wildman–Crippen LogP) is 8.85. The average molecular weight is 823 g/mol. The molecule has 0 unspecified atom stereocenters. The highest BCUT2D eigenvalue weighted by Gasteiger charge is 2.42. The molecular formula is C45H48F2N6O5S. The van der Waals surface area contributed by atoms with Gasteiger partial charge in [-0.1, -0.05) is 97.1 Å². The van der Waals surface area contributed by atoms with Crippen LogP contribution in [0.1, 0.15) is 78.5 Å². The number of aryl methyl sites for hydroxylation is 2. The van der Waals surface area contributed by atoms with Crippen LogP contribution in [0.25, 0.3) is 0 Å². The Hall–Kier alpha value is -5.76. The summed E-state index contributed by atoms with van der Waals surface area (Å²) in [6, 6.07) is 28.9. The van der Waals surface area contributed by atoms with Crippen LogP contribution in [0, 0.1) is 0 Å². The Morgan fingerprint density at radius 3 is 2.12 bits per heavy atom. The number of halogens is 2. The van der Waals surface area contributed by atoms with E-state index >= 15 is 4.21 Å². The minimum atomic E-state index is -4.12. The summed E-state index contributed by atoms with van der Waals surface area (Å²) < 4.78 is 66.8. The number of alkyl halides is 2. The number of ether oxygens (including phenoxy) is 2. The van der Waals surface area contributed by atoms with Gasteiger partial charge in [-0.25, -0.2) is 32.0 Å². The summed E-state index contributed by atoms with van der Waals surface area (Å²) in [4.78, 5) is 29.1. The fourth-order valence-corrected chi connectivity index (χ4v) is 10.4. The zero-order valence-electron chi connectivity index (χ0n) is 33.5. The van der Waals surface area contributed by atoms with Gasteiger partial charge in [-0.3, -0.25) is 0 Å². The molecule has 4 aromatic carbocycles. The van der Waals surface area contributed by atoms with Crippen molar-refractivity contribution >= 4 is 27.7 Å². The molecular weight excluding hydrogens is 775 g/mol. The first-order valence-corrected chi connectivity index (χ1v) is 21.4. The van der Waals surface area contributed by atoms with Crippen molar-refractivity contribution < 1.29 is 32.1 Å². The number of rotatable bonds is 9. The second kappa shape index (κ2) is 15.8. The second-order valence-electron chi connectivity index (χ2n) is 16.3. The molecule has 0 saturated carbocycles. The summed E-state index contributed by atoms with van der Waals surface area (Å²) in [6.07, 6.45) is 1.21. The lowest BCUT2D eigenvalue weighted by atomic mass is 9.78. The van der Waals surface area contributed by atoms with Gasteiger partial charge in [-0.15, -0.1) is 0 Å². The van der Waals surface area contributed by atoms with Gasteiger partial charge in [0.05, 0.1) is 18.8 Å². The van der Waals surface area contributed by atoms with Crippen molar-refractivity contribution in [2.75, 3.05) is 19.0 Å². The minimum absolute atomic E-state index is 0.00664. The summed E-state index contributed by atoms with van der Waals surface area (Å²) in [5, 5.41) is 7.51. The zero-order chi connectivity index (χ0) is 41.5. The van der Waals surface area contributed by atoms with Crippen molar-refractivity contribution in [1.29, 1.82) is 0 Å². The highest BCUT2D eigenvalue weighted by atomic mass is 32.2. The van der Waals surface area contributed by atoms with E-state index in [9.17, 15) is 18.4 Å². The molecule has 1 aliphatic heterocycles. The third-order valence-electron chi connectivity index (χ3n) is 11.3. The number of carbonyl (C=O) groups is 2. The highest BCUT2D eigenvalue weighted by Crippen LogP contribution is 2.47. The van der Waals surface area contributed by atoms with Crippen molar-refractivity contribution in [3.8, 4) is 5.88 Å². The maximum absolute atomic E-state index is 16.3. The van der Waals surface area contributed by atoms with E-state index in [0.717, 1.165) is 29.5 Å². The average Bonchev–Trinajstić information content (AvgIpc) is 3.99. The molecule has 8 rings (SSSR count). The van der Waals surface area contributed by atoms with E-state index in [2.05, 4.69) is 15.1 Å². The number of aromatic nitrogens is 2. The van der Waals surface area contributed by atoms with Crippen molar-refractivity contribution in [3.63, 3.8) is 0 Å². The lowest BCUT2D eigenvalue weighted by molar-refractivity contribution is 0.0101. The van der Waals surface area contributed by atoms with E-state index in [-0.39, 0.29) is 30.3 Å². The van der Waals surface area contributed by atoms with E-state index < -0.39 is 51.6 Å². The largest absolute Gasteiger partial charge is 0.475 e. The van der Waals surface area contributed by atoms with Gasteiger partial charge >= 0.3 is 12.1 Å². The number of carbonyl (C=O) groups excluding carboxylic acids is 2. The van der Waals surface area contributed by atoms with Crippen LogP contribution < -0.4 is 14.8 Å². The molecule has 0 radical (unpaired) electrons. The van der Waals surface area contributed by atoms with Crippen LogP contribution in [0.5, 0.6) is 5.88 Å². The monoisotopic (exact) mass is 822 g/mol. The van der Waals surface area contributed by atoms with Gasteiger partial charge in [0, 0.05) is 18.7 Å². The first-order chi connectivity index (χ1) is 28.3. The quantitative estimate of drug-likeness (QED) is 0.143. The van der Waals surface area contributed by atoms with E-state index in [0.29, 0.717) is 40.8 Å². The van der Waals surface area contributed by atoms with Crippen LogP contribution in [0.15, 0.2) is 113 Å². The molecule has 0 spiro atoms. The Labute approximate surface area is 343 Å². The molecule has 308 valence electrons. The van der Waals surface area contributed by atoms with Crippen molar-refractivity contribution in [2.24, 2.45) is 4.36 Å². The van der Waals surface area contributed by atoms with Crippen LogP contribution in [-0.2, 0) is 46.0 Å². The fourth-order valence-electron chi connectivity index (χ4n) is 8.55. The molecule has 0 bridgehead atoms. The summed E-state index contributed by atoms with van der Waals surface area (Å²) in [6.45, 7) is 5.54. The molecule has 3 atom stereocenters. The third-order valence-corrected chi connectivity index (χ3v) is 13.2. The van der Waals surface area contributed by atoms with Gasteiger partial charge < -0.3 is 19.7 Å². The molecule has 11 nitrogen and oxygen atoms in total. The molecule has 5 aromatic rings. The van der Waals surface area contributed by atoms with Crippen LogP contribution in [0.4, 0.5) is 24.1 Å². The number of fused-ring (bicyclic) bond motifs is 3. The van der Waals surface area contributed by atoms with Crippen LogP contribution in [0.3, 0.4) is 0 Å². The first kappa shape index (κ1) is 40.0. The lowest BCUT2D eigenvalue weighted by Gasteiger charge is -2.34. The molecule has 2 aliphatic carbocycles. The molecule has 3 amide bonds. The summed E-state index contributed by atoms with van der Waals surface area (Å²) in [5.41, 5.74) is 3.30. The lowest BCUT2D eigenvalue weighted by Crippen LogP contribution is -2.48. The third kappa shape index (κ3) is 7.66. The predicted molar refractivity (Wildman–Crippen MR) is 221 cm³/mol. The number of urea groups is 1.